The summed E-state index contributed by atoms with van der Waals surface area (Å²) in [6.45, 7) is 4.34. The molecule has 0 unspecified atom stereocenters. The average Bonchev–Trinajstić information content (AvgIpc) is 2.39. The molecule has 1 N–H and O–H groups in total. The third-order valence-electron chi connectivity index (χ3n) is 2.74. The normalized spacial score (nSPS) is 10.1. The summed E-state index contributed by atoms with van der Waals surface area (Å²) in [6.07, 6.45) is 1.63. The summed E-state index contributed by atoms with van der Waals surface area (Å²) in [6, 6.07) is 13.9. The van der Waals surface area contributed by atoms with Crippen LogP contribution in [0.25, 0.3) is 0 Å². The smallest absolute Gasteiger partial charge is 0.142 e. The molecule has 0 atom stereocenters. The van der Waals surface area contributed by atoms with Crippen molar-refractivity contribution < 1.29 is 0 Å². The van der Waals surface area contributed by atoms with Gasteiger partial charge in [-0.1, -0.05) is 26.0 Å². The summed E-state index contributed by atoms with van der Waals surface area (Å²) in [5, 5.41) is 12.0. The molecule has 0 radical (unpaired) electrons. The summed E-state index contributed by atoms with van der Waals surface area (Å²) < 4.78 is 0. The first-order valence-electron chi connectivity index (χ1n) is 5.92. The maximum absolute atomic E-state index is 8.79. The molecule has 0 spiro atoms. The van der Waals surface area contributed by atoms with Crippen molar-refractivity contribution in [3.8, 4) is 6.07 Å². The van der Waals surface area contributed by atoms with Gasteiger partial charge in [0.15, 0.2) is 0 Å². The van der Waals surface area contributed by atoms with Crippen molar-refractivity contribution in [1.29, 1.82) is 5.26 Å². The minimum Gasteiger partial charge on any atom is -0.355 e. The van der Waals surface area contributed by atoms with E-state index in [1.807, 2.05) is 24.3 Å². The van der Waals surface area contributed by atoms with Gasteiger partial charge in [-0.3, -0.25) is 0 Å². The second-order valence-corrected chi connectivity index (χ2v) is 4.44. The Morgan fingerprint density at radius 2 is 1.83 bits per heavy atom. The van der Waals surface area contributed by atoms with Gasteiger partial charge in [-0.15, -0.1) is 0 Å². The van der Waals surface area contributed by atoms with Crippen LogP contribution in [-0.4, -0.2) is 4.98 Å². The van der Waals surface area contributed by atoms with E-state index in [-0.39, 0.29) is 0 Å². The van der Waals surface area contributed by atoms with Gasteiger partial charge in [0.2, 0.25) is 0 Å². The first-order chi connectivity index (χ1) is 8.69. The molecule has 0 fully saturated rings. The number of aromatic nitrogens is 1. The molecule has 2 aromatic rings. The van der Waals surface area contributed by atoms with Gasteiger partial charge in [-0.25, -0.2) is 4.98 Å². The molecule has 0 bridgehead atoms. The number of nitrogens with one attached hydrogen (secondary N) is 1. The van der Waals surface area contributed by atoms with E-state index >= 15 is 0 Å². The molecule has 18 heavy (non-hydrogen) atoms. The SMILES string of the molecule is CC(C)c1ccc(Nc2ccnc(C#N)c2)cc1. The average molecular weight is 237 g/mol. The minimum absolute atomic E-state index is 0.416. The quantitative estimate of drug-likeness (QED) is 0.882. The van der Waals surface area contributed by atoms with Crippen molar-refractivity contribution in [2.45, 2.75) is 19.8 Å². The van der Waals surface area contributed by atoms with Gasteiger partial charge in [0, 0.05) is 17.6 Å². The number of nitrogens with zero attached hydrogens (tertiary/aromatic N) is 2. The number of benzene rings is 1. The van der Waals surface area contributed by atoms with Crippen LogP contribution < -0.4 is 5.32 Å². The lowest BCUT2D eigenvalue weighted by Crippen LogP contribution is -1.93. The van der Waals surface area contributed by atoms with E-state index in [2.05, 4.69) is 36.3 Å². The second-order valence-electron chi connectivity index (χ2n) is 4.44. The van der Waals surface area contributed by atoms with E-state index in [1.54, 1.807) is 12.3 Å². The van der Waals surface area contributed by atoms with E-state index in [1.165, 1.54) is 5.56 Å². The monoisotopic (exact) mass is 237 g/mol. The zero-order chi connectivity index (χ0) is 13.0. The summed E-state index contributed by atoms with van der Waals surface area (Å²) in [7, 11) is 0. The number of anilines is 2. The number of hydrogen-bond acceptors (Lipinski definition) is 3. The van der Waals surface area contributed by atoms with E-state index < -0.39 is 0 Å². The molecule has 0 amide bonds. The van der Waals surface area contributed by atoms with Gasteiger partial charge in [0.1, 0.15) is 11.8 Å². The predicted molar refractivity (Wildman–Crippen MR) is 72.8 cm³/mol. The lowest BCUT2D eigenvalue weighted by molar-refractivity contribution is 0.867. The van der Waals surface area contributed by atoms with Gasteiger partial charge in [-0.2, -0.15) is 5.26 Å². The fourth-order valence-electron chi connectivity index (χ4n) is 1.69. The van der Waals surface area contributed by atoms with Crippen LogP contribution in [0, 0.1) is 11.3 Å². The molecular weight excluding hydrogens is 222 g/mol. The Morgan fingerprint density at radius 1 is 1.11 bits per heavy atom. The third-order valence-corrected chi connectivity index (χ3v) is 2.74. The molecular formula is C15H15N3. The van der Waals surface area contributed by atoms with Gasteiger partial charge in [-0.05, 0) is 35.7 Å². The van der Waals surface area contributed by atoms with Crippen molar-refractivity contribution in [3.05, 3.63) is 53.9 Å². The second kappa shape index (κ2) is 5.33. The largest absolute Gasteiger partial charge is 0.355 e. The zero-order valence-corrected chi connectivity index (χ0v) is 10.5. The first-order valence-corrected chi connectivity index (χ1v) is 5.92. The maximum atomic E-state index is 8.79. The fourth-order valence-corrected chi connectivity index (χ4v) is 1.69. The Bertz CT molecular complexity index is 565. The summed E-state index contributed by atoms with van der Waals surface area (Å²) in [4.78, 5) is 3.94. The van der Waals surface area contributed by atoms with Gasteiger partial charge in [0.05, 0.1) is 0 Å². The van der Waals surface area contributed by atoms with Crippen molar-refractivity contribution >= 4 is 11.4 Å². The van der Waals surface area contributed by atoms with Crippen molar-refractivity contribution in [1.82, 2.24) is 4.98 Å². The van der Waals surface area contributed by atoms with Crippen LogP contribution in [-0.2, 0) is 0 Å². The Kier molecular flexibility index (Phi) is 3.59. The molecule has 1 aromatic carbocycles. The molecule has 3 heteroatoms. The summed E-state index contributed by atoms with van der Waals surface area (Å²) in [5.74, 6) is 0.533. The Morgan fingerprint density at radius 3 is 2.44 bits per heavy atom. The van der Waals surface area contributed by atoms with E-state index in [0.29, 0.717) is 11.6 Å². The molecule has 1 aromatic heterocycles. The van der Waals surface area contributed by atoms with Crippen molar-refractivity contribution in [2.24, 2.45) is 0 Å². The molecule has 0 saturated heterocycles. The molecule has 3 nitrogen and oxygen atoms in total. The standard InChI is InChI=1S/C15H15N3/c1-11(2)12-3-5-13(6-4-12)18-14-7-8-17-15(9-14)10-16/h3-9,11H,1-2H3,(H,17,18). The van der Waals surface area contributed by atoms with Crippen molar-refractivity contribution in [3.63, 3.8) is 0 Å². The molecule has 1 heterocycles. The van der Waals surface area contributed by atoms with Crippen LogP contribution in [0.3, 0.4) is 0 Å². The van der Waals surface area contributed by atoms with Crippen LogP contribution in [0.15, 0.2) is 42.6 Å². The van der Waals surface area contributed by atoms with E-state index in [4.69, 9.17) is 5.26 Å². The van der Waals surface area contributed by atoms with Crippen LogP contribution in [0.1, 0.15) is 31.0 Å². The Hall–Kier alpha value is -2.34. The van der Waals surface area contributed by atoms with Crippen molar-refractivity contribution in [2.75, 3.05) is 5.32 Å². The highest BCUT2D eigenvalue weighted by Gasteiger charge is 2.00. The van der Waals surface area contributed by atoms with Gasteiger partial charge in [0.25, 0.3) is 0 Å². The Balaban J connectivity index is 2.16. The van der Waals surface area contributed by atoms with Gasteiger partial charge >= 0.3 is 0 Å². The van der Waals surface area contributed by atoms with E-state index in [9.17, 15) is 0 Å². The van der Waals surface area contributed by atoms with Crippen LogP contribution in [0.5, 0.6) is 0 Å². The molecule has 0 aliphatic carbocycles. The highest BCUT2D eigenvalue weighted by molar-refractivity contribution is 5.60. The minimum atomic E-state index is 0.416. The Labute approximate surface area is 107 Å². The summed E-state index contributed by atoms with van der Waals surface area (Å²) in [5.41, 5.74) is 3.61. The third kappa shape index (κ3) is 2.86. The topological polar surface area (TPSA) is 48.7 Å². The number of pyridine rings is 1. The van der Waals surface area contributed by atoms with Gasteiger partial charge < -0.3 is 5.32 Å². The molecule has 90 valence electrons. The molecule has 0 aliphatic heterocycles. The number of nitriles is 1. The lowest BCUT2D eigenvalue weighted by Gasteiger charge is -2.09. The number of rotatable bonds is 3. The number of hydrogen-bond donors (Lipinski definition) is 1. The fraction of sp³-hybridized carbons (Fsp3) is 0.200. The highest BCUT2D eigenvalue weighted by Crippen LogP contribution is 2.20. The van der Waals surface area contributed by atoms with Crippen LogP contribution in [0.2, 0.25) is 0 Å². The lowest BCUT2D eigenvalue weighted by atomic mass is 10.0. The van der Waals surface area contributed by atoms with E-state index in [0.717, 1.165) is 11.4 Å². The van der Waals surface area contributed by atoms with Crippen LogP contribution >= 0.6 is 0 Å². The zero-order valence-electron chi connectivity index (χ0n) is 10.5. The molecule has 2 rings (SSSR count). The predicted octanol–water partition coefficient (Wildman–Crippen LogP) is 3.82. The molecule has 0 aliphatic rings. The highest BCUT2D eigenvalue weighted by atomic mass is 14.9. The van der Waals surface area contributed by atoms with Crippen LogP contribution in [0.4, 0.5) is 11.4 Å². The first kappa shape index (κ1) is 12.1. The maximum Gasteiger partial charge on any atom is 0.142 e. The summed E-state index contributed by atoms with van der Waals surface area (Å²) >= 11 is 0. The molecule has 0 saturated carbocycles.